The van der Waals surface area contributed by atoms with E-state index in [0.29, 0.717) is 52.1 Å². The number of fused-ring (bicyclic) bond motifs is 2. The van der Waals surface area contributed by atoms with E-state index in [0.717, 1.165) is 41.6 Å². The van der Waals surface area contributed by atoms with Gasteiger partial charge in [-0.3, -0.25) is 4.79 Å². The molecule has 0 radical (unpaired) electrons. The summed E-state index contributed by atoms with van der Waals surface area (Å²) in [6, 6.07) is 26.4. The Hall–Kier alpha value is -5.25. The smallest absolute Gasteiger partial charge is 0.416 e. The van der Waals surface area contributed by atoms with Crippen LogP contribution in [0.25, 0.3) is 33.1 Å². The molecule has 1 unspecified atom stereocenters. The van der Waals surface area contributed by atoms with Gasteiger partial charge in [0.05, 0.1) is 40.3 Å². The fourth-order valence-electron chi connectivity index (χ4n) is 6.63. The standard InChI is InChI=1S/C38H31F4N3O3/c39-32-19-25(23-11-14-27(15-12-23)38(40,41)42)9-10-26(32)21-45-35-18-17-29(48-22-28-16-13-24-5-1-4-8-33(24)43-28)20-34(35)44-36(45)30-6-2-3-7-31(30)37(46)47/h1,4-5,8-20,30-31H,2-3,6-7,21-22H2,(H,46,47)/t30?,31-/m0/s1. The molecular formula is C38H31F4N3O3. The van der Waals surface area contributed by atoms with E-state index in [1.165, 1.54) is 18.2 Å². The summed E-state index contributed by atoms with van der Waals surface area (Å²) in [7, 11) is 0. The molecule has 0 spiro atoms. The van der Waals surface area contributed by atoms with Crippen LogP contribution >= 0.6 is 0 Å². The summed E-state index contributed by atoms with van der Waals surface area (Å²) in [5, 5.41) is 11.1. The van der Waals surface area contributed by atoms with Gasteiger partial charge in [0.15, 0.2) is 0 Å². The van der Waals surface area contributed by atoms with E-state index in [1.54, 1.807) is 18.2 Å². The second-order valence-electron chi connectivity index (χ2n) is 12.2. The Bertz CT molecular complexity index is 2120. The molecule has 48 heavy (non-hydrogen) atoms. The molecule has 6 nitrogen and oxygen atoms in total. The lowest BCUT2D eigenvalue weighted by Crippen LogP contribution is -2.28. The number of aromatic nitrogens is 3. The number of para-hydroxylation sites is 1. The third-order valence-corrected chi connectivity index (χ3v) is 9.13. The number of rotatable bonds is 8. The number of benzene rings is 4. The fraction of sp³-hybridized carbons (Fsp3) is 0.237. The lowest BCUT2D eigenvalue weighted by molar-refractivity contribution is -0.143. The lowest BCUT2D eigenvalue weighted by Gasteiger charge is -2.28. The average molecular weight is 654 g/mol. The molecule has 0 saturated heterocycles. The molecule has 1 saturated carbocycles. The van der Waals surface area contributed by atoms with Gasteiger partial charge < -0.3 is 14.4 Å². The highest BCUT2D eigenvalue weighted by molar-refractivity contribution is 5.79. The average Bonchev–Trinajstić information content (AvgIpc) is 3.45. The third kappa shape index (κ3) is 6.34. The molecule has 1 aliphatic rings. The molecule has 0 bridgehead atoms. The molecule has 1 aliphatic carbocycles. The number of aliphatic carboxylic acids is 1. The number of hydrogen-bond donors (Lipinski definition) is 1. The number of halogens is 4. The number of carboxylic acid groups (broad SMARTS) is 1. The highest BCUT2D eigenvalue weighted by Gasteiger charge is 2.35. The van der Waals surface area contributed by atoms with Crippen LogP contribution in [0.3, 0.4) is 0 Å². The molecule has 7 rings (SSSR count). The summed E-state index contributed by atoms with van der Waals surface area (Å²) >= 11 is 0. The van der Waals surface area contributed by atoms with E-state index in [-0.39, 0.29) is 19.1 Å². The maximum atomic E-state index is 15.7. The van der Waals surface area contributed by atoms with Gasteiger partial charge in [-0.25, -0.2) is 14.4 Å². The number of pyridine rings is 1. The summed E-state index contributed by atoms with van der Waals surface area (Å²) in [6.07, 6.45) is -1.60. The van der Waals surface area contributed by atoms with Gasteiger partial charge in [0.2, 0.25) is 0 Å². The molecule has 4 aromatic carbocycles. The van der Waals surface area contributed by atoms with E-state index in [1.807, 2.05) is 53.1 Å². The van der Waals surface area contributed by atoms with Crippen LogP contribution in [-0.2, 0) is 24.1 Å². The first-order valence-corrected chi connectivity index (χ1v) is 15.8. The normalized spacial score (nSPS) is 16.8. The highest BCUT2D eigenvalue weighted by atomic mass is 19.4. The van der Waals surface area contributed by atoms with Gasteiger partial charge in [0, 0.05) is 22.9 Å². The zero-order valence-electron chi connectivity index (χ0n) is 25.8. The van der Waals surface area contributed by atoms with Crippen LogP contribution in [0.2, 0.25) is 0 Å². The van der Waals surface area contributed by atoms with Crippen LogP contribution in [0.4, 0.5) is 17.6 Å². The monoisotopic (exact) mass is 653 g/mol. The van der Waals surface area contributed by atoms with Gasteiger partial charge in [-0.05, 0) is 66.4 Å². The molecular weight excluding hydrogens is 622 g/mol. The molecule has 6 aromatic rings. The summed E-state index contributed by atoms with van der Waals surface area (Å²) in [5.74, 6) is -1.23. The van der Waals surface area contributed by atoms with Crippen molar-refractivity contribution in [1.82, 2.24) is 14.5 Å². The molecule has 2 atom stereocenters. The van der Waals surface area contributed by atoms with Crippen molar-refractivity contribution in [3.05, 3.63) is 126 Å². The Morgan fingerprint density at radius 2 is 1.62 bits per heavy atom. The van der Waals surface area contributed by atoms with E-state index in [9.17, 15) is 23.1 Å². The number of imidazole rings is 1. The number of nitrogens with zero attached hydrogens (tertiary/aromatic N) is 3. The maximum Gasteiger partial charge on any atom is 0.416 e. The van der Waals surface area contributed by atoms with Gasteiger partial charge >= 0.3 is 12.1 Å². The van der Waals surface area contributed by atoms with E-state index < -0.39 is 29.4 Å². The zero-order valence-corrected chi connectivity index (χ0v) is 25.8. The molecule has 1 fully saturated rings. The van der Waals surface area contributed by atoms with Gasteiger partial charge in [0.1, 0.15) is 24.0 Å². The maximum absolute atomic E-state index is 15.7. The minimum absolute atomic E-state index is 0.0923. The Morgan fingerprint density at radius 3 is 2.40 bits per heavy atom. The molecule has 1 N–H and O–H groups in total. The van der Waals surface area contributed by atoms with Crippen LogP contribution in [0.5, 0.6) is 5.75 Å². The predicted octanol–water partition coefficient (Wildman–Crippen LogP) is 9.40. The number of alkyl halides is 3. The summed E-state index contributed by atoms with van der Waals surface area (Å²) < 4.78 is 62.7. The van der Waals surface area contributed by atoms with Gasteiger partial charge in [-0.2, -0.15) is 13.2 Å². The zero-order chi connectivity index (χ0) is 33.4. The first-order chi connectivity index (χ1) is 23.1. The fourth-order valence-corrected chi connectivity index (χ4v) is 6.63. The molecule has 2 aromatic heterocycles. The molecule has 0 aliphatic heterocycles. The van der Waals surface area contributed by atoms with Gasteiger partial charge in [-0.15, -0.1) is 0 Å². The third-order valence-electron chi connectivity index (χ3n) is 9.13. The van der Waals surface area contributed by atoms with Crippen molar-refractivity contribution < 1.29 is 32.2 Å². The Kier molecular flexibility index (Phi) is 8.33. The van der Waals surface area contributed by atoms with Crippen LogP contribution in [0.15, 0.2) is 97.1 Å². The van der Waals surface area contributed by atoms with Crippen LogP contribution in [0.1, 0.15) is 54.2 Å². The van der Waals surface area contributed by atoms with Gasteiger partial charge in [-0.1, -0.05) is 61.4 Å². The Balaban J connectivity index is 1.20. The van der Waals surface area contributed by atoms with Crippen molar-refractivity contribution in [2.45, 2.75) is 50.9 Å². The topological polar surface area (TPSA) is 77.2 Å². The number of hydrogen-bond acceptors (Lipinski definition) is 4. The second kappa shape index (κ2) is 12.7. The first kappa shape index (κ1) is 31.4. The molecule has 244 valence electrons. The minimum Gasteiger partial charge on any atom is -0.487 e. The van der Waals surface area contributed by atoms with Crippen LogP contribution in [-0.4, -0.2) is 25.6 Å². The number of ether oxygens (including phenoxy) is 1. The summed E-state index contributed by atoms with van der Waals surface area (Å²) in [6.45, 7) is 0.332. The number of carbonyl (C=O) groups is 1. The quantitative estimate of drug-likeness (QED) is 0.166. The second-order valence-corrected chi connectivity index (χ2v) is 12.2. The van der Waals surface area contributed by atoms with Crippen LogP contribution < -0.4 is 4.74 Å². The van der Waals surface area contributed by atoms with Crippen molar-refractivity contribution in [2.75, 3.05) is 0 Å². The first-order valence-electron chi connectivity index (χ1n) is 15.8. The van der Waals surface area contributed by atoms with Crippen molar-refractivity contribution in [1.29, 1.82) is 0 Å². The van der Waals surface area contributed by atoms with E-state index in [4.69, 9.17) is 9.72 Å². The van der Waals surface area contributed by atoms with Crippen molar-refractivity contribution in [3.8, 4) is 16.9 Å². The highest BCUT2D eigenvalue weighted by Crippen LogP contribution is 2.40. The molecule has 10 heteroatoms. The van der Waals surface area contributed by atoms with Crippen molar-refractivity contribution in [2.24, 2.45) is 5.92 Å². The van der Waals surface area contributed by atoms with Crippen molar-refractivity contribution in [3.63, 3.8) is 0 Å². The van der Waals surface area contributed by atoms with Crippen molar-refractivity contribution >= 4 is 27.9 Å². The predicted molar refractivity (Wildman–Crippen MR) is 174 cm³/mol. The lowest BCUT2D eigenvalue weighted by atomic mass is 9.78. The molecule has 0 amide bonds. The van der Waals surface area contributed by atoms with E-state index >= 15 is 4.39 Å². The largest absolute Gasteiger partial charge is 0.487 e. The number of carboxylic acids is 1. The van der Waals surface area contributed by atoms with Crippen LogP contribution in [0, 0.1) is 11.7 Å². The SMILES string of the molecule is O=C(O)[C@H]1CCCCC1c1nc2cc(OCc3ccc4ccccc4n3)ccc2n1Cc1ccc(-c2ccc(C(F)(F)F)cc2)cc1F. The minimum atomic E-state index is -4.46. The Morgan fingerprint density at radius 1 is 0.854 bits per heavy atom. The summed E-state index contributed by atoms with van der Waals surface area (Å²) in [5.41, 5.74) is 3.43. The van der Waals surface area contributed by atoms with E-state index in [2.05, 4.69) is 4.98 Å². The Labute approximate surface area is 273 Å². The molecule has 2 heterocycles. The van der Waals surface area contributed by atoms with Gasteiger partial charge in [0.25, 0.3) is 0 Å². The summed E-state index contributed by atoms with van der Waals surface area (Å²) in [4.78, 5) is 21.9.